The smallest absolute Gasteiger partial charge is 0.175 e. The summed E-state index contributed by atoms with van der Waals surface area (Å²) in [6.07, 6.45) is 0. The van der Waals surface area contributed by atoms with Crippen molar-refractivity contribution in [2.24, 2.45) is 0 Å². The van der Waals surface area contributed by atoms with Crippen LogP contribution in [0.15, 0.2) is 42.5 Å². The van der Waals surface area contributed by atoms with Gasteiger partial charge in [0, 0.05) is 14.3 Å². The minimum atomic E-state index is 0.478. The van der Waals surface area contributed by atoms with E-state index in [9.17, 15) is 0 Å². The molecule has 2 rings (SSSR count). The number of anilines is 2. The molecule has 0 aliphatic carbocycles. The number of halogens is 2. The van der Waals surface area contributed by atoms with Gasteiger partial charge in [-0.25, -0.2) is 0 Å². The normalized spacial score (nSPS) is 9.95. The van der Waals surface area contributed by atoms with Gasteiger partial charge in [-0.15, -0.1) is 0 Å². The summed E-state index contributed by atoms with van der Waals surface area (Å²) in [5.41, 5.74) is 1.65. The first kappa shape index (κ1) is 15.3. The van der Waals surface area contributed by atoms with Crippen molar-refractivity contribution in [3.63, 3.8) is 0 Å². The zero-order valence-electron chi connectivity index (χ0n) is 10.6. The molecule has 0 spiro atoms. The van der Waals surface area contributed by atoms with Crippen LogP contribution in [-0.4, -0.2) is 12.2 Å². The minimum Gasteiger partial charge on any atom is -0.495 e. The minimum absolute atomic E-state index is 0.478. The fourth-order valence-electron chi connectivity index (χ4n) is 1.60. The number of rotatable bonds is 3. The van der Waals surface area contributed by atoms with E-state index in [0.29, 0.717) is 15.9 Å². The van der Waals surface area contributed by atoms with Crippen LogP contribution < -0.4 is 15.4 Å². The van der Waals surface area contributed by atoms with Crippen LogP contribution in [0, 0.1) is 3.57 Å². The van der Waals surface area contributed by atoms with E-state index in [1.807, 2.05) is 24.3 Å². The summed E-state index contributed by atoms with van der Waals surface area (Å²) in [6.45, 7) is 0. The zero-order chi connectivity index (χ0) is 14.5. The van der Waals surface area contributed by atoms with Gasteiger partial charge in [0.05, 0.1) is 12.8 Å². The number of benzene rings is 2. The number of ether oxygens (including phenoxy) is 1. The van der Waals surface area contributed by atoms with Crippen molar-refractivity contribution in [3.8, 4) is 5.75 Å². The van der Waals surface area contributed by atoms with E-state index in [-0.39, 0.29) is 0 Å². The molecule has 0 fully saturated rings. The number of hydrogen-bond acceptors (Lipinski definition) is 2. The van der Waals surface area contributed by atoms with Gasteiger partial charge in [-0.2, -0.15) is 0 Å². The molecule has 0 saturated carbocycles. The maximum atomic E-state index is 5.97. The van der Waals surface area contributed by atoms with E-state index < -0.39 is 0 Å². The van der Waals surface area contributed by atoms with Gasteiger partial charge in [-0.1, -0.05) is 11.6 Å². The van der Waals surface area contributed by atoms with E-state index in [0.717, 1.165) is 11.4 Å². The molecule has 0 aromatic heterocycles. The predicted octanol–water partition coefficient (Wildman–Crippen LogP) is 4.76. The van der Waals surface area contributed by atoms with Gasteiger partial charge in [0.2, 0.25) is 0 Å². The molecule has 0 saturated heterocycles. The molecule has 2 aromatic rings. The highest BCUT2D eigenvalue weighted by Gasteiger charge is 2.06. The fraction of sp³-hybridized carbons (Fsp3) is 0.0714. The summed E-state index contributed by atoms with van der Waals surface area (Å²) in [5.74, 6) is 0.682. The quantitative estimate of drug-likeness (QED) is 0.556. The average molecular weight is 419 g/mol. The lowest BCUT2D eigenvalue weighted by atomic mass is 10.3. The van der Waals surface area contributed by atoms with Gasteiger partial charge in [0.15, 0.2) is 5.11 Å². The summed E-state index contributed by atoms with van der Waals surface area (Å²) < 4.78 is 6.43. The Morgan fingerprint density at radius 1 is 1.15 bits per heavy atom. The second kappa shape index (κ2) is 7.10. The Morgan fingerprint density at radius 2 is 1.85 bits per heavy atom. The first-order valence-corrected chi connectivity index (χ1v) is 7.62. The molecule has 0 amide bonds. The monoisotopic (exact) mass is 418 g/mol. The largest absolute Gasteiger partial charge is 0.495 e. The van der Waals surface area contributed by atoms with Crippen LogP contribution in [0.1, 0.15) is 0 Å². The number of methoxy groups -OCH3 is 1. The summed E-state index contributed by atoms with van der Waals surface area (Å²) in [5, 5.41) is 7.28. The molecule has 6 heteroatoms. The van der Waals surface area contributed by atoms with Gasteiger partial charge in [-0.05, 0) is 77.3 Å². The summed E-state index contributed by atoms with van der Waals surface area (Å²) in [6, 6.07) is 13.3. The molecule has 0 atom stereocenters. The van der Waals surface area contributed by atoms with Gasteiger partial charge in [0.1, 0.15) is 5.75 Å². The van der Waals surface area contributed by atoms with Crippen LogP contribution in [0.5, 0.6) is 5.75 Å². The molecule has 0 radical (unpaired) electrons. The van der Waals surface area contributed by atoms with Crippen LogP contribution in [0.3, 0.4) is 0 Å². The lowest BCUT2D eigenvalue weighted by Gasteiger charge is -2.13. The standard InChI is InChI=1S/C14H12ClIN2OS/c1-19-13-7-2-9(15)8-12(13)18-14(20)17-11-5-3-10(16)4-6-11/h2-8H,1H3,(H2,17,18,20). The van der Waals surface area contributed by atoms with E-state index in [2.05, 4.69) is 33.2 Å². The van der Waals surface area contributed by atoms with Crippen LogP contribution in [-0.2, 0) is 0 Å². The molecule has 0 aliphatic rings. The highest BCUT2D eigenvalue weighted by atomic mass is 127. The van der Waals surface area contributed by atoms with E-state index in [4.69, 9.17) is 28.6 Å². The number of thiocarbonyl (C=S) groups is 1. The molecular formula is C14H12ClIN2OS. The lowest BCUT2D eigenvalue weighted by molar-refractivity contribution is 0.417. The van der Waals surface area contributed by atoms with Gasteiger partial charge >= 0.3 is 0 Å². The zero-order valence-corrected chi connectivity index (χ0v) is 14.3. The van der Waals surface area contributed by atoms with Crippen LogP contribution in [0.25, 0.3) is 0 Å². The second-order valence-corrected chi connectivity index (χ2v) is 6.02. The Hall–Kier alpha value is -1.05. The Kier molecular flexibility index (Phi) is 5.45. The highest BCUT2D eigenvalue weighted by molar-refractivity contribution is 14.1. The summed E-state index contributed by atoms with van der Waals surface area (Å²) in [7, 11) is 1.60. The van der Waals surface area contributed by atoms with Crippen molar-refractivity contribution in [1.29, 1.82) is 0 Å². The van der Waals surface area contributed by atoms with E-state index in [1.165, 1.54) is 3.57 Å². The maximum absolute atomic E-state index is 5.97. The van der Waals surface area contributed by atoms with Gasteiger partial charge in [0.25, 0.3) is 0 Å². The number of nitrogens with one attached hydrogen (secondary N) is 2. The van der Waals surface area contributed by atoms with Crippen molar-refractivity contribution in [1.82, 2.24) is 0 Å². The van der Waals surface area contributed by atoms with E-state index in [1.54, 1.807) is 25.3 Å². The van der Waals surface area contributed by atoms with Crippen LogP contribution >= 0.6 is 46.4 Å². The first-order chi connectivity index (χ1) is 9.58. The van der Waals surface area contributed by atoms with Crippen molar-refractivity contribution in [2.45, 2.75) is 0 Å². The highest BCUT2D eigenvalue weighted by Crippen LogP contribution is 2.27. The maximum Gasteiger partial charge on any atom is 0.175 e. The average Bonchev–Trinajstić information content (AvgIpc) is 2.41. The first-order valence-electron chi connectivity index (χ1n) is 5.75. The molecule has 0 unspecified atom stereocenters. The molecule has 2 N–H and O–H groups in total. The van der Waals surface area contributed by atoms with Crippen molar-refractivity contribution in [2.75, 3.05) is 17.7 Å². The number of hydrogen-bond donors (Lipinski definition) is 2. The predicted molar refractivity (Wildman–Crippen MR) is 97.0 cm³/mol. The SMILES string of the molecule is COc1ccc(Cl)cc1NC(=S)Nc1ccc(I)cc1. The summed E-state index contributed by atoms with van der Waals surface area (Å²) in [4.78, 5) is 0. The van der Waals surface area contributed by atoms with Crippen molar-refractivity contribution < 1.29 is 4.74 Å². The Bertz CT molecular complexity index is 619. The Morgan fingerprint density at radius 3 is 2.50 bits per heavy atom. The molecule has 104 valence electrons. The third-order valence-corrected chi connectivity index (χ3v) is 3.67. The van der Waals surface area contributed by atoms with Crippen molar-refractivity contribution in [3.05, 3.63) is 51.1 Å². The third kappa shape index (κ3) is 4.22. The molecular weight excluding hydrogens is 407 g/mol. The molecule has 0 bridgehead atoms. The molecule has 0 aliphatic heterocycles. The molecule has 20 heavy (non-hydrogen) atoms. The van der Waals surface area contributed by atoms with Gasteiger partial charge < -0.3 is 15.4 Å². The topological polar surface area (TPSA) is 33.3 Å². The summed E-state index contributed by atoms with van der Waals surface area (Å²) >= 11 is 13.5. The van der Waals surface area contributed by atoms with Gasteiger partial charge in [-0.3, -0.25) is 0 Å². The molecule has 3 nitrogen and oxygen atoms in total. The van der Waals surface area contributed by atoms with Crippen molar-refractivity contribution >= 4 is 62.9 Å². The lowest BCUT2D eigenvalue weighted by Crippen LogP contribution is -2.19. The third-order valence-electron chi connectivity index (χ3n) is 2.51. The second-order valence-electron chi connectivity index (χ2n) is 3.93. The Labute approximate surface area is 141 Å². The molecule has 2 aromatic carbocycles. The fourth-order valence-corrected chi connectivity index (χ4v) is 2.36. The molecule has 0 heterocycles. The van der Waals surface area contributed by atoms with E-state index >= 15 is 0 Å². The van der Waals surface area contributed by atoms with Crippen LogP contribution in [0.2, 0.25) is 5.02 Å². The van der Waals surface area contributed by atoms with Crippen LogP contribution in [0.4, 0.5) is 11.4 Å². The Balaban J connectivity index is 2.08.